The molecule has 0 aliphatic carbocycles. The van der Waals surface area contributed by atoms with Gasteiger partial charge in [-0.25, -0.2) is 4.98 Å². The molecule has 1 aromatic heterocycles. The molecule has 0 saturated heterocycles. The highest BCUT2D eigenvalue weighted by molar-refractivity contribution is 6.29. The van der Waals surface area contributed by atoms with Crippen molar-refractivity contribution >= 4 is 23.5 Å². The van der Waals surface area contributed by atoms with Crippen LogP contribution in [0.5, 0.6) is 0 Å². The minimum Gasteiger partial charge on any atom is -0.465 e. The molecule has 0 atom stereocenters. The first-order chi connectivity index (χ1) is 9.08. The highest BCUT2D eigenvalue weighted by Gasteiger charge is 2.20. The van der Waals surface area contributed by atoms with Crippen LogP contribution in [0.2, 0.25) is 5.15 Å². The number of carbonyl (C=O) groups is 2. The molecule has 1 rings (SSSR count). The molecule has 102 valence electrons. The van der Waals surface area contributed by atoms with Gasteiger partial charge in [-0.05, 0) is 6.92 Å². The molecule has 0 fully saturated rings. The molecule has 0 aromatic carbocycles. The van der Waals surface area contributed by atoms with Crippen LogP contribution in [-0.2, 0) is 9.53 Å². The molecule has 1 heterocycles. The Morgan fingerprint density at radius 2 is 2.26 bits per heavy atom. The van der Waals surface area contributed by atoms with Crippen molar-refractivity contribution in [3.8, 4) is 0 Å². The lowest BCUT2D eigenvalue weighted by molar-refractivity contribution is -0.143. The predicted molar refractivity (Wildman–Crippen MR) is 69.8 cm³/mol. The van der Waals surface area contributed by atoms with Crippen molar-refractivity contribution in [2.45, 2.75) is 6.92 Å². The van der Waals surface area contributed by atoms with Crippen LogP contribution in [0.4, 0.5) is 0 Å². The van der Waals surface area contributed by atoms with Crippen molar-refractivity contribution in [3.05, 3.63) is 35.9 Å². The maximum absolute atomic E-state index is 12.1. The second-order valence-electron chi connectivity index (χ2n) is 3.51. The van der Waals surface area contributed by atoms with E-state index in [2.05, 4.69) is 16.5 Å². The van der Waals surface area contributed by atoms with Gasteiger partial charge >= 0.3 is 5.97 Å². The Balaban J connectivity index is 2.83. The van der Waals surface area contributed by atoms with E-state index in [1.807, 2.05) is 0 Å². The lowest BCUT2D eigenvalue weighted by atomic mass is 10.3. The van der Waals surface area contributed by atoms with Crippen LogP contribution in [0.1, 0.15) is 17.4 Å². The maximum atomic E-state index is 12.1. The SMILES string of the molecule is C=CCN(CC(=O)OCC)C(=O)c1cncc(Cl)n1. The maximum Gasteiger partial charge on any atom is 0.325 e. The lowest BCUT2D eigenvalue weighted by Gasteiger charge is -2.19. The zero-order valence-electron chi connectivity index (χ0n) is 10.5. The number of halogens is 1. The third kappa shape index (κ3) is 4.67. The summed E-state index contributed by atoms with van der Waals surface area (Å²) < 4.78 is 4.80. The molecular weight excluding hydrogens is 270 g/mol. The van der Waals surface area contributed by atoms with Gasteiger partial charge in [0.2, 0.25) is 0 Å². The van der Waals surface area contributed by atoms with Crippen molar-refractivity contribution in [3.63, 3.8) is 0 Å². The van der Waals surface area contributed by atoms with E-state index in [9.17, 15) is 9.59 Å². The number of ether oxygens (including phenoxy) is 1. The van der Waals surface area contributed by atoms with Crippen molar-refractivity contribution in [1.29, 1.82) is 0 Å². The van der Waals surface area contributed by atoms with Gasteiger partial charge in [-0.3, -0.25) is 14.6 Å². The smallest absolute Gasteiger partial charge is 0.325 e. The molecule has 0 bridgehead atoms. The number of aromatic nitrogens is 2. The van der Waals surface area contributed by atoms with Crippen LogP contribution in [0.15, 0.2) is 25.0 Å². The summed E-state index contributed by atoms with van der Waals surface area (Å²) >= 11 is 5.67. The van der Waals surface area contributed by atoms with Crippen molar-refractivity contribution < 1.29 is 14.3 Å². The summed E-state index contributed by atoms with van der Waals surface area (Å²) in [6.45, 7) is 5.52. The van der Waals surface area contributed by atoms with Crippen molar-refractivity contribution in [2.24, 2.45) is 0 Å². The van der Waals surface area contributed by atoms with Crippen molar-refractivity contribution in [2.75, 3.05) is 19.7 Å². The normalized spacial score (nSPS) is 9.79. The summed E-state index contributed by atoms with van der Waals surface area (Å²) in [7, 11) is 0. The molecule has 1 amide bonds. The molecule has 0 aliphatic heterocycles. The summed E-state index contributed by atoms with van der Waals surface area (Å²) in [6, 6.07) is 0. The third-order valence-electron chi connectivity index (χ3n) is 2.09. The minimum atomic E-state index is -0.493. The zero-order valence-corrected chi connectivity index (χ0v) is 11.3. The van der Waals surface area contributed by atoms with E-state index in [0.29, 0.717) is 0 Å². The fraction of sp³-hybridized carbons (Fsp3) is 0.333. The van der Waals surface area contributed by atoms with Gasteiger partial charge in [-0.2, -0.15) is 0 Å². The molecule has 0 saturated carbocycles. The van der Waals surface area contributed by atoms with Gasteiger partial charge in [0.15, 0.2) is 0 Å². The first-order valence-electron chi connectivity index (χ1n) is 5.61. The Bertz CT molecular complexity index is 479. The van der Waals surface area contributed by atoms with Gasteiger partial charge in [0, 0.05) is 6.54 Å². The van der Waals surface area contributed by atoms with Gasteiger partial charge in [-0.15, -0.1) is 6.58 Å². The second kappa shape index (κ2) is 7.48. The topological polar surface area (TPSA) is 72.4 Å². The summed E-state index contributed by atoms with van der Waals surface area (Å²) in [4.78, 5) is 32.4. The van der Waals surface area contributed by atoms with E-state index in [-0.39, 0.29) is 30.5 Å². The Morgan fingerprint density at radius 3 is 2.84 bits per heavy atom. The van der Waals surface area contributed by atoms with E-state index in [4.69, 9.17) is 16.3 Å². The third-order valence-corrected chi connectivity index (χ3v) is 2.27. The number of hydrogen-bond donors (Lipinski definition) is 0. The van der Waals surface area contributed by atoms with Gasteiger partial charge in [0.25, 0.3) is 5.91 Å². The Labute approximate surface area is 116 Å². The van der Waals surface area contributed by atoms with Crippen molar-refractivity contribution in [1.82, 2.24) is 14.9 Å². The van der Waals surface area contributed by atoms with Crippen LogP contribution < -0.4 is 0 Å². The van der Waals surface area contributed by atoms with Crippen LogP contribution >= 0.6 is 11.6 Å². The number of amides is 1. The van der Waals surface area contributed by atoms with E-state index >= 15 is 0 Å². The molecule has 7 heteroatoms. The number of nitrogens with zero attached hydrogens (tertiary/aromatic N) is 3. The first kappa shape index (κ1) is 15.1. The fourth-order valence-electron chi connectivity index (χ4n) is 1.34. The Hall–Kier alpha value is -1.95. The van der Waals surface area contributed by atoms with Gasteiger partial charge in [0.1, 0.15) is 17.4 Å². The summed E-state index contributed by atoms with van der Waals surface area (Å²) in [5.41, 5.74) is 0.0682. The molecule has 0 unspecified atom stereocenters. The predicted octanol–water partition coefficient (Wildman–Crippen LogP) is 1.32. The van der Waals surface area contributed by atoms with Gasteiger partial charge < -0.3 is 9.64 Å². The molecule has 6 nitrogen and oxygen atoms in total. The van der Waals surface area contributed by atoms with Crippen LogP contribution in [0.3, 0.4) is 0 Å². The highest BCUT2D eigenvalue weighted by Crippen LogP contribution is 2.06. The average Bonchev–Trinajstić information content (AvgIpc) is 2.37. The van der Waals surface area contributed by atoms with E-state index < -0.39 is 11.9 Å². The standard InChI is InChI=1S/C12H14ClN3O3/c1-3-5-16(8-11(17)19-4-2)12(18)9-6-14-7-10(13)15-9/h3,6-7H,1,4-5,8H2,2H3. The van der Waals surface area contributed by atoms with E-state index in [1.165, 1.54) is 23.4 Å². The first-order valence-corrected chi connectivity index (χ1v) is 5.99. The molecule has 0 radical (unpaired) electrons. The Kier molecular flexibility index (Phi) is 5.95. The number of carbonyl (C=O) groups excluding carboxylic acids is 2. The van der Waals surface area contributed by atoms with Crippen LogP contribution in [0, 0.1) is 0 Å². The zero-order chi connectivity index (χ0) is 14.3. The Morgan fingerprint density at radius 1 is 1.53 bits per heavy atom. The highest BCUT2D eigenvalue weighted by atomic mass is 35.5. The summed E-state index contributed by atoms with van der Waals surface area (Å²) in [6.07, 6.45) is 4.12. The molecule has 0 spiro atoms. The molecular formula is C12H14ClN3O3. The molecule has 0 N–H and O–H groups in total. The number of rotatable bonds is 6. The van der Waals surface area contributed by atoms with Gasteiger partial charge in [-0.1, -0.05) is 17.7 Å². The average molecular weight is 284 g/mol. The lowest BCUT2D eigenvalue weighted by Crippen LogP contribution is -2.37. The number of esters is 1. The molecule has 1 aromatic rings. The van der Waals surface area contributed by atoms with E-state index in [1.54, 1.807) is 6.92 Å². The van der Waals surface area contributed by atoms with Crippen LogP contribution in [0.25, 0.3) is 0 Å². The fourth-order valence-corrected chi connectivity index (χ4v) is 1.49. The molecule has 19 heavy (non-hydrogen) atoms. The minimum absolute atomic E-state index is 0.0682. The largest absolute Gasteiger partial charge is 0.465 e. The summed E-state index contributed by atoms with van der Waals surface area (Å²) in [5, 5.41) is 0.112. The second-order valence-corrected chi connectivity index (χ2v) is 3.89. The monoisotopic (exact) mass is 283 g/mol. The number of hydrogen-bond acceptors (Lipinski definition) is 5. The quantitative estimate of drug-likeness (QED) is 0.581. The van der Waals surface area contributed by atoms with Crippen LogP contribution in [-0.4, -0.2) is 46.4 Å². The van der Waals surface area contributed by atoms with E-state index in [0.717, 1.165) is 0 Å². The summed E-state index contributed by atoms with van der Waals surface area (Å²) in [5.74, 6) is -0.948. The van der Waals surface area contributed by atoms with Gasteiger partial charge in [0.05, 0.1) is 19.0 Å². The molecule has 0 aliphatic rings.